The summed E-state index contributed by atoms with van der Waals surface area (Å²) in [6.07, 6.45) is 0.162. The number of carbonyl (C=O) groups excluding carboxylic acids is 1. The Morgan fingerprint density at radius 3 is 2.90 bits per heavy atom. The highest BCUT2D eigenvalue weighted by Gasteiger charge is 2.43. The molecule has 6 nitrogen and oxygen atoms in total. The van der Waals surface area contributed by atoms with Crippen molar-refractivity contribution in [3.63, 3.8) is 0 Å². The van der Waals surface area contributed by atoms with Crippen molar-refractivity contribution in [2.24, 2.45) is 0 Å². The molecule has 3 rings (SSSR count). The summed E-state index contributed by atoms with van der Waals surface area (Å²) in [7, 11) is 0. The fourth-order valence-electron chi connectivity index (χ4n) is 2.50. The Morgan fingerprint density at radius 1 is 1.35 bits per heavy atom. The topological polar surface area (TPSA) is 66.0 Å². The lowest BCUT2D eigenvalue weighted by molar-refractivity contribution is -0.183. The van der Waals surface area contributed by atoms with Crippen molar-refractivity contribution in [2.75, 3.05) is 31.7 Å². The first-order valence-corrected chi connectivity index (χ1v) is 6.72. The maximum Gasteiger partial charge on any atom is 0.411 e. The Bertz CT molecular complexity index is 510. The van der Waals surface area contributed by atoms with Crippen LogP contribution in [-0.2, 0) is 20.0 Å². The Balaban J connectivity index is 1.88. The third-order valence-electron chi connectivity index (χ3n) is 3.35. The van der Waals surface area contributed by atoms with Crippen LogP contribution < -0.4 is 10.1 Å². The molecule has 0 radical (unpaired) electrons. The maximum absolute atomic E-state index is 11.5. The van der Waals surface area contributed by atoms with Crippen molar-refractivity contribution < 1.29 is 23.7 Å². The Morgan fingerprint density at radius 2 is 2.15 bits per heavy atom. The van der Waals surface area contributed by atoms with E-state index in [4.69, 9.17) is 18.9 Å². The van der Waals surface area contributed by atoms with Gasteiger partial charge < -0.3 is 18.9 Å². The number of carbonyl (C=O) groups is 1. The van der Waals surface area contributed by atoms with Gasteiger partial charge >= 0.3 is 6.09 Å². The van der Waals surface area contributed by atoms with Crippen LogP contribution in [0.15, 0.2) is 18.2 Å². The molecular weight excluding hydrogens is 262 g/mol. The van der Waals surface area contributed by atoms with E-state index in [1.807, 2.05) is 12.1 Å². The van der Waals surface area contributed by atoms with Gasteiger partial charge in [0.15, 0.2) is 0 Å². The van der Waals surface area contributed by atoms with Crippen LogP contribution in [0.5, 0.6) is 5.75 Å². The summed E-state index contributed by atoms with van der Waals surface area (Å²) in [5.41, 5.74) is 1.45. The molecule has 0 atom stereocenters. The van der Waals surface area contributed by atoms with E-state index in [2.05, 4.69) is 5.32 Å². The number of amides is 1. The smallest absolute Gasteiger partial charge is 0.411 e. The van der Waals surface area contributed by atoms with E-state index >= 15 is 0 Å². The number of hydrogen-bond acceptors (Lipinski definition) is 5. The van der Waals surface area contributed by atoms with Gasteiger partial charge in [0.1, 0.15) is 5.75 Å². The van der Waals surface area contributed by atoms with Crippen molar-refractivity contribution in [1.29, 1.82) is 0 Å². The van der Waals surface area contributed by atoms with Crippen molar-refractivity contribution in [1.82, 2.24) is 0 Å². The summed E-state index contributed by atoms with van der Waals surface area (Å²) < 4.78 is 22.0. The lowest BCUT2D eigenvalue weighted by atomic mass is 9.98. The molecule has 0 saturated carbocycles. The minimum Gasteiger partial charge on any atom is -0.493 e. The molecule has 0 aliphatic carbocycles. The fourth-order valence-corrected chi connectivity index (χ4v) is 2.50. The second-order valence-corrected chi connectivity index (χ2v) is 4.60. The van der Waals surface area contributed by atoms with Gasteiger partial charge in [-0.3, -0.25) is 5.32 Å². The molecule has 108 valence electrons. The lowest BCUT2D eigenvalue weighted by Crippen LogP contribution is -2.34. The van der Waals surface area contributed by atoms with E-state index in [0.717, 1.165) is 11.3 Å². The normalized spacial score (nSPS) is 19.2. The van der Waals surface area contributed by atoms with Crippen molar-refractivity contribution in [3.05, 3.63) is 23.8 Å². The predicted octanol–water partition coefficient (Wildman–Crippen LogP) is 2.24. The number of benzene rings is 1. The molecule has 1 spiro atoms. The Kier molecular flexibility index (Phi) is 3.50. The molecule has 20 heavy (non-hydrogen) atoms. The van der Waals surface area contributed by atoms with Gasteiger partial charge in [-0.25, -0.2) is 4.79 Å². The average molecular weight is 279 g/mol. The quantitative estimate of drug-likeness (QED) is 0.899. The Labute approximate surface area is 117 Å². The van der Waals surface area contributed by atoms with Crippen molar-refractivity contribution in [3.8, 4) is 5.75 Å². The van der Waals surface area contributed by atoms with E-state index in [9.17, 15) is 4.79 Å². The number of nitrogens with one attached hydrogen (secondary N) is 1. The maximum atomic E-state index is 11.5. The summed E-state index contributed by atoms with van der Waals surface area (Å²) >= 11 is 0. The zero-order chi connectivity index (χ0) is 14.0. The van der Waals surface area contributed by atoms with Gasteiger partial charge in [-0.15, -0.1) is 0 Å². The zero-order valence-corrected chi connectivity index (χ0v) is 11.3. The molecular formula is C14H17NO5. The number of rotatable bonds is 2. The van der Waals surface area contributed by atoms with Crippen LogP contribution in [0.3, 0.4) is 0 Å². The monoisotopic (exact) mass is 279 g/mol. The SMILES string of the molecule is CCOC(=O)Nc1ccc2c(c1)C1(CCO2)OCCO1. The first-order chi connectivity index (χ1) is 9.73. The highest BCUT2D eigenvalue weighted by atomic mass is 16.7. The van der Waals surface area contributed by atoms with Gasteiger partial charge in [0, 0.05) is 12.1 Å². The molecule has 1 aromatic rings. The van der Waals surface area contributed by atoms with E-state index in [0.29, 0.717) is 38.5 Å². The summed E-state index contributed by atoms with van der Waals surface area (Å²) in [4.78, 5) is 11.5. The van der Waals surface area contributed by atoms with Gasteiger partial charge in [0.05, 0.1) is 32.0 Å². The van der Waals surface area contributed by atoms with Gasteiger partial charge in [-0.05, 0) is 25.1 Å². The van der Waals surface area contributed by atoms with E-state index < -0.39 is 11.9 Å². The number of hydrogen-bond donors (Lipinski definition) is 1. The molecule has 2 heterocycles. The molecule has 0 aromatic heterocycles. The van der Waals surface area contributed by atoms with Crippen LogP contribution in [0, 0.1) is 0 Å². The molecule has 0 unspecified atom stereocenters. The van der Waals surface area contributed by atoms with Crippen LogP contribution in [0.25, 0.3) is 0 Å². The molecule has 1 fully saturated rings. The van der Waals surface area contributed by atoms with Gasteiger partial charge in [0.2, 0.25) is 5.79 Å². The van der Waals surface area contributed by atoms with Crippen LogP contribution in [0.1, 0.15) is 18.9 Å². The molecule has 1 aromatic carbocycles. The van der Waals surface area contributed by atoms with E-state index in [1.54, 1.807) is 13.0 Å². The van der Waals surface area contributed by atoms with Gasteiger partial charge in [-0.2, -0.15) is 0 Å². The van der Waals surface area contributed by atoms with Crippen LogP contribution in [0.4, 0.5) is 10.5 Å². The minimum absolute atomic E-state index is 0.329. The number of ether oxygens (including phenoxy) is 4. The average Bonchev–Trinajstić information content (AvgIpc) is 2.89. The highest BCUT2D eigenvalue weighted by Crippen LogP contribution is 2.44. The molecule has 2 aliphatic rings. The molecule has 2 aliphatic heterocycles. The minimum atomic E-state index is -0.736. The van der Waals surface area contributed by atoms with Gasteiger partial charge in [0.25, 0.3) is 0 Å². The van der Waals surface area contributed by atoms with Crippen molar-refractivity contribution >= 4 is 11.8 Å². The first kappa shape index (κ1) is 13.2. The lowest BCUT2D eigenvalue weighted by Gasteiger charge is -2.33. The third-order valence-corrected chi connectivity index (χ3v) is 3.35. The summed E-state index contributed by atoms with van der Waals surface area (Å²) in [5, 5.41) is 2.67. The zero-order valence-electron chi connectivity index (χ0n) is 11.3. The number of fused-ring (bicyclic) bond motifs is 2. The second-order valence-electron chi connectivity index (χ2n) is 4.60. The molecule has 6 heteroatoms. The third kappa shape index (κ3) is 2.32. The molecule has 1 saturated heterocycles. The largest absolute Gasteiger partial charge is 0.493 e. The first-order valence-electron chi connectivity index (χ1n) is 6.72. The van der Waals surface area contributed by atoms with Crippen molar-refractivity contribution in [2.45, 2.75) is 19.1 Å². The number of anilines is 1. The highest BCUT2D eigenvalue weighted by molar-refractivity contribution is 5.85. The molecule has 1 amide bonds. The van der Waals surface area contributed by atoms with Crippen LogP contribution in [0.2, 0.25) is 0 Å². The van der Waals surface area contributed by atoms with Crippen LogP contribution in [-0.4, -0.2) is 32.5 Å². The summed E-state index contributed by atoms with van der Waals surface area (Å²) in [6, 6.07) is 5.39. The molecule has 1 N–H and O–H groups in total. The standard InChI is InChI=1S/C14H17NO5/c1-2-17-13(16)15-10-3-4-12-11(9-10)14(5-6-18-12)19-7-8-20-14/h3-4,9H,2,5-8H2,1H3,(H,15,16). The van der Waals surface area contributed by atoms with E-state index in [1.165, 1.54) is 0 Å². The summed E-state index contributed by atoms with van der Waals surface area (Å²) in [5.74, 6) is -0.00696. The van der Waals surface area contributed by atoms with E-state index in [-0.39, 0.29) is 0 Å². The predicted molar refractivity (Wildman–Crippen MR) is 70.8 cm³/mol. The Hall–Kier alpha value is -1.79. The summed E-state index contributed by atoms with van der Waals surface area (Å²) in [6.45, 7) is 3.77. The second kappa shape index (κ2) is 5.30. The van der Waals surface area contributed by atoms with Gasteiger partial charge in [-0.1, -0.05) is 0 Å². The fraction of sp³-hybridized carbons (Fsp3) is 0.500. The molecule has 0 bridgehead atoms. The van der Waals surface area contributed by atoms with Crippen LogP contribution >= 0.6 is 0 Å².